The smallest absolute Gasteiger partial charge is 0.167 e. The van der Waals surface area contributed by atoms with E-state index < -0.39 is 0 Å². The summed E-state index contributed by atoms with van der Waals surface area (Å²) in [7, 11) is 0. The normalized spacial score (nSPS) is 33.8. The van der Waals surface area contributed by atoms with Crippen molar-refractivity contribution in [2.24, 2.45) is 5.92 Å². The lowest BCUT2D eigenvalue weighted by Crippen LogP contribution is -2.20. The SMILES string of the molecule is Nc1ncnc2c1ncn2[C@H]1C[C@@H]2C[C@]2(CO)O1. The Labute approximate surface area is 103 Å². The molecule has 0 radical (unpaired) electrons. The van der Waals surface area contributed by atoms with Crippen LogP contribution >= 0.6 is 0 Å². The first kappa shape index (κ1) is 10.2. The van der Waals surface area contributed by atoms with E-state index in [1.165, 1.54) is 6.33 Å². The summed E-state index contributed by atoms with van der Waals surface area (Å²) in [5.41, 5.74) is 6.71. The fourth-order valence-corrected chi connectivity index (χ4v) is 2.85. The van der Waals surface area contributed by atoms with Gasteiger partial charge in [-0.05, 0) is 18.8 Å². The second-order valence-corrected chi connectivity index (χ2v) is 5.02. The van der Waals surface area contributed by atoms with E-state index in [0.717, 1.165) is 12.8 Å². The second-order valence-electron chi connectivity index (χ2n) is 5.02. The number of aliphatic hydroxyl groups is 1. The van der Waals surface area contributed by atoms with Crippen LogP contribution in [0.4, 0.5) is 5.82 Å². The number of aromatic nitrogens is 4. The highest BCUT2D eigenvalue weighted by Crippen LogP contribution is 2.58. The average molecular weight is 247 g/mol. The van der Waals surface area contributed by atoms with Gasteiger partial charge in [-0.3, -0.25) is 4.57 Å². The molecular formula is C11H13N5O2. The predicted octanol–water partition coefficient (Wildman–Crippen LogP) is 0.0784. The molecule has 1 saturated carbocycles. The quantitative estimate of drug-likeness (QED) is 0.779. The first-order valence-electron chi connectivity index (χ1n) is 5.95. The molecule has 3 heterocycles. The van der Waals surface area contributed by atoms with Gasteiger partial charge in [0, 0.05) is 0 Å². The van der Waals surface area contributed by atoms with E-state index in [0.29, 0.717) is 22.9 Å². The van der Waals surface area contributed by atoms with Gasteiger partial charge in [0.2, 0.25) is 0 Å². The number of hydrogen-bond donors (Lipinski definition) is 2. The van der Waals surface area contributed by atoms with Gasteiger partial charge in [-0.25, -0.2) is 15.0 Å². The van der Waals surface area contributed by atoms with Gasteiger partial charge in [-0.2, -0.15) is 0 Å². The van der Waals surface area contributed by atoms with E-state index in [1.807, 2.05) is 4.57 Å². The van der Waals surface area contributed by atoms with Gasteiger partial charge in [0.1, 0.15) is 18.1 Å². The summed E-state index contributed by atoms with van der Waals surface area (Å²) in [6, 6.07) is 0. The van der Waals surface area contributed by atoms with Gasteiger partial charge in [-0.15, -0.1) is 0 Å². The van der Waals surface area contributed by atoms with E-state index in [4.69, 9.17) is 10.5 Å². The largest absolute Gasteiger partial charge is 0.393 e. The number of rotatable bonds is 2. The molecule has 7 nitrogen and oxygen atoms in total. The van der Waals surface area contributed by atoms with Gasteiger partial charge >= 0.3 is 0 Å². The fourth-order valence-electron chi connectivity index (χ4n) is 2.85. The van der Waals surface area contributed by atoms with Crippen molar-refractivity contribution in [2.45, 2.75) is 24.7 Å². The van der Waals surface area contributed by atoms with Gasteiger partial charge in [0.25, 0.3) is 0 Å². The molecule has 4 rings (SSSR count). The molecular weight excluding hydrogens is 234 g/mol. The lowest BCUT2D eigenvalue weighted by Gasteiger charge is -2.18. The Morgan fingerprint density at radius 1 is 1.50 bits per heavy atom. The van der Waals surface area contributed by atoms with E-state index in [9.17, 15) is 5.11 Å². The number of ether oxygens (including phenoxy) is 1. The van der Waals surface area contributed by atoms with Gasteiger partial charge in [0.05, 0.1) is 18.5 Å². The molecule has 2 aromatic heterocycles. The Kier molecular flexibility index (Phi) is 1.80. The van der Waals surface area contributed by atoms with Crippen molar-refractivity contribution in [3.63, 3.8) is 0 Å². The molecule has 1 aliphatic heterocycles. The molecule has 1 saturated heterocycles. The Hall–Kier alpha value is -1.73. The molecule has 2 fully saturated rings. The molecule has 2 aromatic rings. The van der Waals surface area contributed by atoms with Crippen LogP contribution < -0.4 is 5.73 Å². The van der Waals surface area contributed by atoms with Gasteiger partial charge in [0.15, 0.2) is 11.5 Å². The molecule has 94 valence electrons. The molecule has 18 heavy (non-hydrogen) atoms. The van der Waals surface area contributed by atoms with E-state index >= 15 is 0 Å². The molecule has 2 aliphatic rings. The minimum Gasteiger partial charge on any atom is -0.393 e. The zero-order valence-corrected chi connectivity index (χ0v) is 9.65. The summed E-state index contributed by atoms with van der Waals surface area (Å²) in [4.78, 5) is 12.3. The maximum atomic E-state index is 9.34. The van der Waals surface area contributed by atoms with Crippen LogP contribution in [0.15, 0.2) is 12.7 Å². The molecule has 0 amide bonds. The summed E-state index contributed by atoms with van der Waals surface area (Å²) < 4.78 is 7.81. The number of aliphatic hydroxyl groups excluding tert-OH is 1. The number of nitrogens with zero attached hydrogens (tertiary/aromatic N) is 4. The van der Waals surface area contributed by atoms with Crippen molar-refractivity contribution in [2.75, 3.05) is 12.3 Å². The third kappa shape index (κ3) is 1.17. The van der Waals surface area contributed by atoms with Crippen molar-refractivity contribution in [3.8, 4) is 0 Å². The Morgan fingerprint density at radius 2 is 2.39 bits per heavy atom. The standard InChI is InChI=1S/C11H13N5O2/c12-9-8-10(14-4-13-9)16(5-15-8)7-1-6-2-11(6,3-17)18-7/h4-7,17H,1-3H2,(H2,12,13,14)/t6-,7-,11-/m1/s1. The van der Waals surface area contributed by atoms with Crippen molar-refractivity contribution in [1.29, 1.82) is 0 Å². The van der Waals surface area contributed by atoms with E-state index in [1.54, 1.807) is 6.33 Å². The topological polar surface area (TPSA) is 99.1 Å². The summed E-state index contributed by atoms with van der Waals surface area (Å²) in [5, 5.41) is 9.34. The van der Waals surface area contributed by atoms with E-state index in [2.05, 4.69) is 15.0 Å². The Balaban J connectivity index is 1.74. The van der Waals surface area contributed by atoms with Crippen LogP contribution in [0.5, 0.6) is 0 Å². The first-order valence-corrected chi connectivity index (χ1v) is 5.95. The van der Waals surface area contributed by atoms with Gasteiger partial charge < -0.3 is 15.6 Å². The fraction of sp³-hybridized carbons (Fsp3) is 0.545. The molecule has 0 aromatic carbocycles. The first-order chi connectivity index (χ1) is 8.73. The van der Waals surface area contributed by atoms with Crippen LogP contribution in [0.25, 0.3) is 11.2 Å². The number of anilines is 1. The van der Waals surface area contributed by atoms with Crippen LogP contribution in [0.2, 0.25) is 0 Å². The number of imidazole rings is 1. The van der Waals surface area contributed by atoms with Crippen molar-refractivity contribution in [1.82, 2.24) is 19.5 Å². The molecule has 3 N–H and O–H groups in total. The third-order valence-corrected chi connectivity index (χ3v) is 4.00. The summed E-state index contributed by atoms with van der Waals surface area (Å²) in [5.74, 6) is 0.822. The second kappa shape index (κ2) is 3.18. The number of hydrogen-bond acceptors (Lipinski definition) is 6. The third-order valence-electron chi connectivity index (χ3n) is 4.00. The summed E-state index contributed by atoms with van der Waals surface area (Å²) in [6.07, 6.45) is 4.82. The molecule has 0 unspecified atom stereocenters. The van der Waals surface area contributed by atoms with E-state index in [-0.39, 0.29) is 18.4 Å². The highest BCUT2D eigenvalue weighted by atomic mass is 16.5. The number of fused-ring (bicyclic) bond motifs is 2. The number of nitrogens with two attached hydrogens (primary N) is 1. The number of nitrogen functional groups attached to an aromatic ring is 1. The summed E-state index contributed by atoms with van der Waals surface area (Å²) >= 11 is 0. The zero-order valence-electron chi connectivity index (χ0n) is 9.65. The average Bonchev–Trinajstić information content (AvgIpc) is 2.77. The molecule has 0 spiro atoms. The van der Waals surface area contributed by atoms with Crippen LogP contribution in [0.1, 0.15) is 19.1 Å². The molecule has 3 atom stereocenters. The molecule has 0 bridgehead atoms. The van der Waals surface area contributed by atoms with Crippen LogP contribution in [0, 0.1) is 5.92 Å². The lowest BCUT2D eigenvalue weighted by atomic mass is 10.2. The van der Waals surface area contributed by atoms with Crippen molar-refractivity contribution < 1.29 is 9.84 Å². The Morgan fingerprint density at radius 3 is 3.17 bits per heavy atom. The van der Waals surface area contributed by atoms with Crippen molar-refractivity contribution in [3.05, 3.63) is 12.7 Å². The van der Waals surface area contributed by atoms with Crippen LogP contribution in [0.3, 0.4) is 0 Å². The van der Waals surface area contributed by atoms with Gasteiger partial charge in [-0.1, -0.05) is 0 Å². The Bertz CT molecular complexity index is 623. The molecule has 1 aliphatic carbocycles. The van der Waals surface area contributed by atoms with Crippen LogP contribution in [-0.4, -0.2) is 36.8 Å². The summed E-state index contributed by atoms with van der Waals surface area (Å²) in [6.45, 7) is 0.0813. The monoisotopic (exact) mass is 247 g/mol. The minimum atomic E-state index is -0.320. The zero-order chi connectivity index (χ0) is 12.3. The maximum absolute atomic E-state index is 9.34. The lowest BCUT2D eigenvalue weighted by molar-refractivity contribution is -0.0584. The minimum absolute atomic E-state index is 0.0813. The highest BCUT2D eigenvalue weighted by molar-refractivity contribution is 5.81. The highest BCUT2D eigenvalue weighted by Gasteiger charge is 2.62. The van der Waals surface area contributed by atoms with Crippen molar-refractivity contribution >= 4 is 17.0 Å². The molecule has 7 heteroatoms. The maximum Gasteiger partial charge on any atom is 0.167 e. The predicted molar refractivity (Wildman–Crippen MR) is 62.4 cm³/mol. The van der Waals surface area contributed by atoms with Crippen LogP contribution in [-0.2, 0) is 4.74 Å².